The molecular weight excluding hydrogens is 291 g/mol. The predicted molar refractivity (Wildman–Crippen MR) is 91.0 cm³/mol. The van der Waals surface area contributed by atoms with Crippen LogP contribution in [-0.4, -0.2) is 36.2 Å². The third kappa shape index (κ3) is 3.71. The molecule has 2 aromatic rings. The summed E-state index contributed by atoms with van der Waals surface area (Å²) in [7, 11) is 0. The summed E-state index contributed by atoms with van der Waals surface area (Å²) in [6, 6.07) is 15.3. The quantitative estimate of drug-likeness (QED) is 0.939. The van der Waals surface area contributed by atoms with E-state index in [-0.39, 0.29) is 12.4 Å². The number of aliphatic hydroxyl groups is 1. The maximum absolute atomic E-state index is 13.0. The molecule has 0 radical (unpaired) electrons. The molecule has 122 valence electrons. The van der Waals surface area contributed by atoms with E-state index in [2.05, 4.69) is 28.9 Å². The van der Waals surface area contributed by atoms with Gasteiger partial charge in [-0.3, -0.25) is 4.90 Å². The van der Waals surface area contributed by atoms with Gasteiger partial charge in [0, 0.05) is 37.9 Å². The average Bonchev–Trinajstić information content (AvgIpc) is 2.62. The second-order valence-corrected chi connectivity index (χ2v) is 6.08. The van der Waals surface area contributed by atoms with Crippen molar-refractivity contribution < 1.29 is 9.50 Å². The van der Waals surface area contributed by atoms with Gasteiger partial charge in [0.25, 0.3) is 0 Å². The number of benzene rings is 2. The van der Waals surface area contributed by atoms with Crippen molar-refractivity contribution in [1.82, 2.24) is 4.90 Å². The summed E-state index contributed by atoms with van der Waals surface area (Å²) in [5.74, 6) is -0.188. The third-order valence-electron chi connectivity index (χ3n) is 4.70. The maximum Gasteiger partial charge on any atom is 0.123 e. The number of anilines is 1. The van der Waals surface area contributed by atoms with Gasteiger partial charge in [-0.2, -0.15) is 0 Å². The van der Waals surface area contributed by atoms with Crippen molar-refractivity contribution >= 4 is 5.69 Å². The summed E-state index contributed by atoms with van der Waals surface area (Å²) in [4.78, 5) is 4.77. The average molecular weight is 314 g/mol. The van der Waals surface area contributed by atoms with Crippen LogP contribution in [0.4, 0.5) is 10.1 Å². The van der Waals surface area contributed by atoms with Gasteiger partial charge in [0.1, 0.15) is 5.82 Å². The normalized spacial score (nSPS) is 17.3. The Morgan fingerprint density at radius 1 is 0.957 bits per heavy atom. The minimum Gasteiger partial charge on any atom is -0.392 e. The van der Waals surface area contributed by atoms with Crippen LogP contribution < -0.4 is 4.90 Å². The molecule has 3 rings (SSSR count). The largest absolute Gasteiger partial charge is 0.392 e. The SMILES string of the molecule is C[C@H](c1ccc(CO)cc1)N1CCN(c2ccc(F)cc2)CC1. The molecule has 1 N–H and O–H groups in total. The second-order valence-electron chi connectivity index (χ2n) is 6.08. The van der Waals surface area contributed by atoms with E-state index < -0.39 is 0 Å². The van der Waals surface area contributed by atoms with Crippen LogP contribution in [0.15, 0.2) is 48.5 Å². The molecule has 3 nitrogen and oxygen atoms in total. The van der Waals surface area contributed by atoms with Gasteiger partial charge in [0.2, 0.25) is 0 Å². The molecule has 1 fully saturated rings. The van der Waals surface area contributed by atoms with E-state index in [1.807, 2.05) is 24.3 Å². The van der Waals surface area contributed by atoms with E-state index >= 15 is 0 Å². The number of hydrogen-bond donors (Lipinski definition) is 1. The molecule has 0 saturated carbocycles. The molecule has 1 aliphatic heterocycles. The first kappa shape index (κ1) is 16.0. The molecule has 1 atom stereocenters. The third-order valence-corrected chi connectivity index (χ3v) is 4.70. The van der Waals surface area contributed by atoms with Crippen LogP contribution in [0.1, 0.15) is 24.1 Å². The first-order valence-electron chi connectivity index (χ1n) is 8.11. The van der Waals surface area contributed by atoms with Crippen molar-refractivity contribution in [2.45, 2.75) is 19.6 Å². The summed E-state index contributed by atoms with van der Waals surface area (Å²) in [5.41, 5.74) is 3.31. The topological polar surface area (TPSA) is 26.7 Å². The molecule has 4 heteroatoms. The Hall–Kier alpha value is -1.91. The fourth-order valence-corrected chi connectivity index (χ4v) is 3.13. The van der Waals surface area contributed by atoms with E-state index in [9.17, 15) is 4.39 Å². The maximum atomic E-state index is 13.0. The first-order chi connectivity index (χ1) is 11.2. The second kappa shape index (κ2) is 7.11. The Kier molecular flexibility index (Phi) is 4.94. The van der Waals surface area contributed by atoms with Crippen LogP contribution in [0.3, 0.4) is 0 Å². The van der Waals surface area contributed by atoms with Gasteiger partial charge in [-0.25, -0.2) is 4.39 Å². The Bertz CT molecular complexity index is 619. The molecule has 1 heterocycles. The van der Waals surface area contributed by atoms with Gasteiger partial charge >= 0.3 is 0 Å². The standard InChI is InChI=1S/C19H23FN2O/c1-15(17-4-2-16(14-23)3-5-17)21-10-12-22(13-11-21)19-8-6-18(20)7-9-19/h2-9,15,23H,10-14H2,1H3/t15-/m1/s1. The minimum atomic E-state index is -0.188. The molecular formula is C19H23FN2O. The van der Waals surface area contributed by atoms with Crippen LogP contribution in [0.25, 0.3) is 0 Å². The van der Waals surface area contributed by atoms with Gasteiger partial charge in [0.05, 0.1) is 6.61 Å². The van der Waals surface area contributed by atoms with Crippen LogP contribution in [0.5, 0.6) is 0 Å². The zero-order valence-electron chi connectivity index (χ0n) is 13.5. The highest BCUT2D eigenvalue weighted by molar-refractivity contribution is 5.46. The van der Waals surface area contributed by atoms with Crippen LogP contribution in [-0.2, 0) is 6.61 Å². The number of hydrogen-bond acceptors (Lipinski definition) is 3. The molecule has 1 aliphatic rings. The van der Waals surface area contributed by atoms with E-state index in [0.29, 0.717) is 6.04 Å². The molecule has 23 heavy (non-hydrogen) atoms. The Balaban J connectivity index is 1.60. The van der Waals surface area contributed by atoms with Crippen molar-refractivity contribution in [3.63, 3.8) is 0 Å². The predicted octanol–water partition coefficient (Wildman–Crippen LogP) is 3.20. The zero-order chi connectivity index (χ0) is 16.2. The van der Waals surface area contributed by atoms with Crippen LogP contribution >= 0.6 is 0 Å². The van der Waals surface area contributed by atoms with Crippen molar-refractivity contribution in [1.29, 1.82) is 0 Å². The summed E-state index contributed by atoms with van der Waals surface area (Å²) in [6.45, 7) is 6.18. The van der Waals surface area contributed by atoms with E-state index in [4.69, 9.17) is 5.11 Å². The van der Waals surface area contributed by atoms with Crippen molar-refractivity contribution in [2.75, 3.05) is 31.1 Å². The number of nitrogens with zero attached hydrogens (tertiary/aromatic N) is 2. The smallest absolute Gasteiger partial charge is 0.123 e. The lowest BCUT2D eigenvalue weighted by Crippen LogP contribution is -2.47. The Labute approximate surface area is 137 Å². The lowest BCUT2D eigenvalue weighted by molar-refractivity contribution is 0.198. The molecule has 0 spiro atoms. The Morgan fingerprint density at radius 3 is 2.13 bits per heavy atom. The first-order valence-corrected chi connectivity index (χ1v) is 8.11. The van der Waals surface area contributed by atoms with Crippen molar-refractivity contribution in [3.8, 4) is 0 Å². The van der Waals surface area contributed by atoms with Crippen LogP contribution in [0, 0.1) is 5.82 Å². The van der Waals surface area contributed by atoms with Gasteiger partial charge in [-0.15, -0.1) is 0 Å². The zero-order valence-corrected chi connectivity index (χ0v) is 13.5. The highest BCUT2D eigenvalue weighted by Gasteiger charge is 2.22. The molecule has 2 aromatic carbocycles. The molecule has 0 bridgehead atoms. The summed E-state index contributed by atoms with van der Waals surface area (Å²) < 4.78 is 13.0. The van der Waals surface area contributed by atoms with E-state index in [0.717, 1.165) is 37.4 Å². The van der Waals surface area contributed by atoms with E-state index in [1.165, 1.54) is 17.7 Å². The molecule has 1 saturated heterocycles. The van der Waals surface area contributed by atoms with Crippen molar-refractivity contribution in [3.05, 3.63) is 65.5 Å². The number of halogens is 1. The minimum absolute atomic E-state index is 0.0883. The lowest BCUT2D eigenvalue weighted by atomic mass is 10.0. The molecule has 0 aromatic heterocycles. The fourth-order valence-electron chi connectivity index (χ4n) is 3.13. The van der Waals surface area contributed by atoms with Gasteiger partial charge in [-0.05, 0) is 42.3 Å². The fraction of sp³-hybridized carbons (Fsp3) is 0.368. The molecule has 0 amide bonds. The van der Waals surface area contributed by atoms with Crippen molar-refractivity contribution in [2.24, 2.45) is 0 Å². The Morgan fingerprint density at radius 2 is 1.57 bits per heavy atom. The highest BCUT2D eigenvalue weighted by Crippen LogP contribution is 2.24. The monoisotopic (exact) mass is 314 g/mol. The van der Waals surface area contributed by atoms with Gasteiger partial charge in [0.15, 0.2) is 0 Å². The highest BCUT2D eigenvalue weighted by atomic mass is 19.1. The van der Waals surface area contributed by atoms with Gasteiger partial charge < -0.3 is 10.0 Å². The van der Waals surface area contributed by atoms with Crippen LogP contribution in [0.2, 0.25) is 0 Å². The number of aliphatic hydroxyl groups excluding tert-OH is 1. The summed E-state index contributed by atoms with van der Waals surface area (Å²) in [6.07, 6.45) is 0. The number of rotatable bonds is 4. The lowest BCUT2D eigenvalue weighted by Gasteiger charge is -2.39. The summed E-state index contributed by atoms with van der Waals surface area (Å²) in [5, 5.41) is 9.13. The number of piperazine rings is 1. The van der Waals surface area contributed by atoms with E-state index in [1.54, 1.807) is 0 Å². The summed E-state index contributed by atoms with van der Waals surface area (Å²) >= 11 is 0. The van der Waals surface area contributed by atoms with Gasteiger partial charge in [-0.1, -0.05) is 24.3 Å². The molecule has 0 aliphatic carbocycles. The molecule has 0 unspecified atom stereocenters.